The fraction of sp³-hybridized carbons (Fsp3) is 0.688. The van der Waals surface area contributed by atoms with E-state index in [0.29, 0.717) is 0 Å². The van der Waals surface area contributed by atoms with Crippen LogP contribution >= 0.6 is 0 Å². The summed E-state index contributed by atoms with van der Waals surface area (Å²) in [6.45, 7) is 1.77. The Labute approximate surface area is 116 Å². The quantitative estimate of drug-likeness (QED) is 0.469. The fourth-order valence-corrected chi connectivity index (χ4v) is 2.32. The van der Waals surface area contributed by atoms with E-state index >= 15 is 0 Å². The highest BCUT2D eigenvalue weighted by Crippen LogP contribution is 2.44. The van der Waals surface area contributed by atoms with Crippen molar-refractivity contribution in [3.63, 3.8) is 0 Å². The summed E-state index contributed by atoms with van der Waals surface area (Å²) in [5.41, 5.74) is 0. The Kier molecular flexibility index (Phi) is 7.49. The lowest BCUT2D eigenvalue weighted by molar-refractivity contribution is -0.137. The number of rotatable bonds is 10. The molecule has 0 aromatic carbocycles. The van der Waals surface area contributed by atoms with Crippen LogP contribution in [0.4, 0.5) is 0 Å². The molecule has 0 aromatic heterocycles. The van der Waals surface area contributed by atoms with Crippen LogP contribution in [0.3, 0.4) is 0 Å². The van der Waals surface area contributed by atoms with Crippen LogP contribution in [-0.2, 0) is 4.79 Å². The van der Waals surface area contributed by atoms with Crippen molar-refractivity contribution in [1.29, 1.82) is 0 Å². The smallest absolute Gasteiger partial charge is 0.303 e. The Bertz CT molecular complexity index is 318. The minimum atomic E-state index is -0.709. The van der Waals surface area contributed by atoms with Gasteiger partial charge >= 0.3 is 5.97 Å². The highest BCUT2D eigenvalue weighted by atomic mass is 16.4. The molecule has 1 aliphatic carbocycles. The van der Waals surface area contributed by atoms with E-state index in [1.165, 1.54) is 12.8 Å². The van der Waals surface area contributed by atoms with Crippen LogP contribution in [0.2, 0.25) is 0 Å². The highest BCUT2D eigenvalue weighted by Gasteiger charge is 2.34. The molecule has 3 atom stereocenters. The van der Waals surface area contributed by atoms with Gasteiger partial charge in [0, 0.05) is 6.42 Å². The molecule has 3 nitrogen and oxygen atoms in total. The molecule has 0 saturated heterocycles. The third-order valence-electron chi connectivity index (χ3n) is 3.55. The molecule has 1 fully saturated rings. The molecule has 0 bridgehead atoms. The second-order valence-electron chi connectivity index (χ2n) is 5.50. The maximum absolute atomic E-state index is 10.3. The van der Waals surface area contributed by atoms with Gasteiger partial charge in [-0.25, -0.2) is 0 Å². The number of aliphatic carboxylic acids is 1. The molecule has 0 aliphatic heterocycles. The lowest BCUT2D eigenvalue weighted by atomic mass is 10.1. The summed E-state index contributed by atoms with van der Waals surface area (Å²) in [4.78, 5) is 10.3. The van der Waals surface area contributed by atoms with Gasteiger partial charge in [-0.3, -0.25) is 4.79 Å². The number of allylic oxidation sites excluding steroid dienone is 3. The van der Waals surface area contributed by atoms with E-state index in [1.807, 2.05) is 6.08 Å². The first-order valence-electron chi connectivity index (χ1n) is 7.31. The van der Waals surface area contributed by atoms with Crippen molar-refractivity contribution in [3.05, 3.63) is 24.3 Å². The van der Waals surface area contributed by atoms with Crippen molar-refractivity contribution in [2.24, 2.45) is 11.8 Å². The summed E-state index contributed by atoms with van der Waals surface area (Å²) < 4.78 is 0. The molecule has 1 saturated carbocycles. The van der Waals surface area contributed by atoms with Crippen molar-refractivity contribution in [2.45, 2.75) is 58.0 Å². The van der Waals surface area contributed by atoms with E-state index in [0.717, 1.165) is 37.5 Å². The van der Waals surface area contributed by atoms with Crippen molar-refractivity contribution >= 4 is 5.97 Å². The van der Waals surface area contributed by atoms with E-state index in [9.17, 15) is 4.79 Å². The van der Waals surface area contributed by atoms with Crippen LogP contribution in [0.15, 0.2) is 24.3 Å². The Morgan fingerprint density at radius 3 is 2.68 bits per heavy atom. The van der Waals surface area contributed by atoms with E-state index in [4.69, 9.17) is 10.2 Å². The molecule has 0 spiro atoms. The first-order valence-corrected chi connectivity index (χ1v) is 7.31. The van der Waals surface area contributed by atoms with Crippen molar-refractivity contribution in [1.82, 2.24) is 0 Å². The van der Waals surface area contributed by atoms with E-state index in [-0.39, 0.29) is 12.5 Å². The van der Waals surface area contributed by atoms with Crippen LogP contribution in [0, 0.1) is 11.8 Å². The number of unbranched alkanes of at least 4 members (excludes halogenated alkanes) is 1. The zero-order valence-electron chi connectivity index (χ0n) is 11.8. The Morgan fingerprint density at radius 1 is 1.26 bits per heavy atom. The SMILES string of the molecule is C[C@H](O)/C=C/C[C@H]1C[C@@H]1CC/C=C\CCCC(=O)O. The second-order valence-corrected chi connectivity index (χ2v) is 5.50. The van der Waals surface area contributed by atoms with Crippen LogP contribution in [0.25, 0.3) is 0 Å². The molecule has 0 radical (unpaired) electrons. The number of carboxylic acids is 1. The zero-order valence-corrected chi connectivity index (χ0v) is 11.8. The van der Waals surface area contributed by atoms with E-state index < -0.39 is 5.97 Å². The van der Waals surface area contributed by atoms with E-state index in [2.05, 4.69) is 18.2 Å². The van der Waals surface area contributed by atoms with Gasteiger partial charge in [-0.15, -0.1) is 0 Å². The maximum atomic E-state index is 10.3. The molecule has 1 rings (SSSR count). The summed E-state index contributed by atoms with van der Waals surface area (Å²) in [5, 5.41) is 17.6. The average molecular weight is 266 g/mol. The van der Waals surface area contributed by atoms with Gasteiger partial charge in [0.25, 0.3) is 0 Å². The monoisotopic (exact) mass is 266 g/mol. The predicted octanol–water partition coefficient (Wildman–Crippen LogP) is 3.54. The molecule has 0 unspecified atom stereocenters. The van der Waals surface area contributed by atoms with Gasteiger partial charge in [0.05, 0.1) is 6.10 Å². The first kappa shape index (κ1) is 16.0. The van der Waals surface area contributed by atoms with Gasteiger partial charge in [-0.2, -0.15) is 0 Å². The number of carbonyl (C=O) groups is 1. The number of aliphatic hydroxyl groups excluding tert-OH is 1. The third-order valence-corrected chi connectivity index (χ3v) is 3.55. The topological polar surface area (TPSA) is 57.5 Å². The van der Waals surface area contributed by atoms with Crippen LogP contribution < -0.4 is 0 Å². The van der Waals surface area contributed by atoms with Crippen molar-refractivity contribution in [2.75, 3.05) is 0 Å². The maximum Gasteiger partial charge on any atom is 0.303 e. The molecule has 3 heteroatoms. The van der Waals surface area contributed by atoms with E-state index in [1.54, 1.807) is 6.92 Å². The minimum Gasteiger partial charge on any atom is -0.481 e. The first-order chi connectivity index (χ1) is 9.09. The lowest BCUT2D eigenvalue weighted by Crippen LogP contribution is -1.92. The van der Waals surface area contributed by atoms with Crippen molar-refractivity contribution in [3.8, 4) is 0 Å². The van der Waals surface area contributed by atoms with Gasteiger partial charge in [-0.1, -0.05) is 24.3 Å². The highest BCUT2D eigenvalue weighted by molar-refractivity contribution is 5.66. The lowest BCUT2D eigenvalue weighted by Gasteiger charge is -1.96. The molecule has 0 amide bonds. The fourth-order valence-electron chi connectivity index (χ4n) is 2.32. The predicted molar refractivity (Wildman–Crippen MR) is 76.9 cm³/mol. The normalized spacial score (nSPS) is 24.1. The Hall–Kier alpha value is -1.09. The average Bonchev–Trinajstić information content (AvgIpc) is 3.05. The second kappa shape index (κ2) is 8.92. The number of carboxylic acid groups (broad SMARTS) is 1. The van der Waals surface area contributed by atoms with Crippen molar-refractivity contribution < 1.29 is 15.0 Å². The number of hydrogen-bond acceptors (Lipinski definition) is 2. The zero-order chi connectivity index (χ0) is 14.1. The molecule has 1 aliphatic rings. The molecular formula is C16H26O3. The van der Waals surface area contributed by atoms with Crippen LogP contribution in [0.1, 0.15) is 51.9 Å². The molecule has 2 N–H and O–H groups in total. The summed E-state index contributed by atoms with van der Waals surface area (Å²) in [7, 11) is 0. The van der Waals surface area contributed by atoms with Gasteiger partial charge in [0.2, 0.25) is 0 Å². The standard InChI is InChI=1S/C16H26O3/c1-13(17)8-7-10-15-12-14(15)9-5-3-2-4-6-11-16(18)19/h2-3,7-8,13-15,17H,4-6,9-12H2,1H3,(H,18,19)/b3-2-,8-7+/t13-,14-,15-/m0/s1. The molecule has 0 heterocycles. The largest absolute Gasteiger partial charge is 0.481 e. The Balaban J connectivity index is 1.94. The van der Waals surface area contributed by atoms with Crippen LogP contribution in [-0.4, -0.2) is 22.3 Å². The van der Waals surface area contributed by atoms with Crippen LogP contribution in [0.5, 0.6) is 0 Å². The molecule has 108 valence electrons. The third kappa shape index (κ3) is 8.60. The summed E-state index contributed by atoms with van der Waals surface area (Å²) >= 11 is 0. The molecule has 0 aromatic rings. The summed E-state index contributed by atoms with van der Waals surface area (Å²) in [6.07, 6.45) is 14.5. The minimum absolute atomic E-state index is 0.269. The molecule has 19 heavy (non-hydrogen) atoms. The van der Waals surface area contributed by atoms with Gasteiger partial charge < -0.3 is 10.2 Å². The van der Waals surface area contributed by atoms with Gasteiger partial charge in [0.15, 0.2) is 0 Å². The summed E-state index contributed by atoms with van der Waals surface area (Å²) in [5.74, 6) is 0.956. The molecular weight excluding hydrogens is 240 g/mol. The summed E-state index contributed by atoms with van der Waals surface area (Å²) in [6, 6.07) is 0. The number of aliphatic hydroxyl groups is 1. The Morgan fingerprint density at radius 2 is 2.00 bits per heavy atom. The van der Waals surface area contributed by atoms with Gasteiger partial charge in [-0.05, 0) is 57.3 Å². The number of hydrogen-bond donors (Lipinski definition) is 2. The van der Waals surface area contributed by atoms with Gasteiger partial charge in [0.1, 0.15) is 0 Å².